The largest absolute Gasteiger partial charge is 0.472 e. The second-order valence-electron chi connectivity index (χ2n) is 2.81. The fourth-order valence-corrected chi connectivity index (χ4v) is 1.44. The van der Waals surface area contributed by atoms with Crippen molar-refractivity contribution in [3.8, 4) is 0 Å². The molecule has 1 N–H and O–H groups in total. The number of hydrogen-bond donors (Lipinski definition) is 1. The molecule has 2 heterocycles. The highest BCUT2D eigenvalue weighted by atomic mass is 35.5. The van der Waals surface area contributed by atoms with Crippen LogP contribution in [0.5, 0.6) is 0 Å². The van der Waals surface area contributed by atoms with Crippen molar-refractivity contribution in [3.05, 3.63) is 40.7 Å². The first kappa shape index (κ1) is 10.9. The monoisotopic (exact) mass is 257 g/mol. The fourth-order valence-electron chi connectivity index (χ4n) is 1.04. The van der Waals surface area contributed by atoms with E-state index in [-0.39, 0.29) is 22.2 Å². The van der Waals surface area contributed by atoms with Crippen LogP contribution < -0.4 is 5.32 Å². The van der Waals surface area contributed by atoms with Gasteiger partial charge < -0.3 is 9.73 Å². The lowest BCUT2D eigenvalue weighted by Crippen LogP contribution is -2.12. The van der Waals surface area contributed by atoms with Crippen molar-refractivity contribution in [2.75, 3.05) is 5.32 Å². The highest BCUT2D eigenvalue weighted by molar-refractivity contribution is 6.32. The van der Waals surface area contributed by atoms with Crippen molar-refractivity contribution < 1.29 is 9.21 Å². The first-order chi connectivity index (χ1) is 7.65. The molecule has 0 aliphatic heterocycles. The summed E-state index contributed by atoms with van der Waals surface area (Å²) in [6, 6.07) is 2.92. The molecule has 1 amide bonds. The number of carbonyl (C=O) groups excluding carboxylic acids is 1. The van der Waals surface area contributed by atoms with Crippen LogP contribution in [0.1, 0.15) is 10.4 Å². The van der Waals surface area contributed by atoms with Gasteiger partial charge in [-0.25, -0.2) is 9.97 Å². The molecule has 0 bridgehead atoms. The average Bonchev–Trinajstić information content (AvgIpc) is 2.68. The number of anilines is 1. The number of halogens is 2. The summed E-state index contributed by atoms with van der Waals surface area (Å²) in [5.74, 6) is -0.129. The predicted octanol–water partition coefficient (Wildman–Crippen LogP) is 2.63. The zero-order valence-electron chi connectivity index (χ0n) is 7.78. The molecule has 2 rings (SSSR count). The molecular formula is C9H5Cl2N3O2. The Bertz CT molecular complexity index is 493. The lowest BCUT2D eigenvalue weighted by atomic mass is 10.3. The second kappa shape index (κ2) is 4.51. The molecule has 0 saturated carbocycles. The summed E-state index contributed by atoms with van der Waals surface area (Å²) in [5, 5.41) is 2.63. The van der Waals surface area contributed by atoms with Gasteiger partial charge in [-0.1, -0.05) is 11.6 Å². The van der Waals surface area contributed by atoms with E-state index in [1.165, 1.54) is 24.7 Å². The molecule has 0 fully saturated rings. The lowest BCUT2D eigenvalue weighted by molar-refractivity contribution is 0.102. The summed E-state index contributed by atoms with van der Waals surface area (Å²) < 4.78 is 4.78. The van der Waals surface area contributed by atoms with E-state index in [4.69, 9.17) is 27.6 Å². The van der Waals surface area contributed by atoms with Gasteiger partial charge in [-0.2, -0.15) is 0 Å². The Morgan fingerprint density at radius 1 is 1.38 bits per heavy atom. The summed E-state index contributed by atoms with van der Waals surface area (Å²) in [6.45, 7) is 0. The number of hydrogen-bond acceptors (Lipinski definition) is 4. The predicted molar refractivity (Wildman–Crippen MR) is 58.7 cm³/mol. The summed E-state index contributed by atoms with van der Waals surface area (Å²) >= 11 is 11.2. The van der Waals surface area contributed by atoms with Crippen LogP contribution in [-0.4, -0.2) is 15.9 Å². The summed E-state index contributed by atoms with van der Waals surface area (Å²) in [4.78, 5) is 19.0. The summed E-state index contributed by atoms with van der Waals surface area (Å²) in [6.07, 6.45) is 2.72. The van der Waals surface area contributed by atoms with Gasteiger partial charge in [-0.3, -0.25) is 4.79 Å². The number of rotatable bonds is 2. The van der Waals surface area contributed by atoms with Gasteiger partial charge >= 0.3 is 0 Å². The third-order valence-corrected chi connectivity index (χ3v) is 2.06. The van der Waals surface area contributed by atoms with Gasteiger partial charge in [0.2, 0.25) is 5.28 Å². The van der Waals surface area contributed by atoms with Gasteiger partial charge in [-0.05, 0) is 17.7 Å². The Kier molecular flexibility index (Phi) is 3.07. The van der Waals surface area contributed by atoms with Crippen LogP contribution in [-0.2, 0) is 0 Å². The van der Waals surface area contributed by atoms with E-state index in [2.05, 4.69) is 15.3 Å². The van der Waals surface area contributed by atoms with Crippen molar-refractivity contribution in [3.63, 3.8) is 0 Å². The van der Waals surface area contributed by atoms with Gasteiger partial charge in [0.1, 0.15) is 17.2 Å². The molecule has 0 unspecified atom stereocenters. The Balaban J connectivity index is 2.18. The molecule has 7 heteroatoms. The van der Waals surface area contributed by atoms with E-state index in [1.54, 1.807) is 0 Å². The molecule has 2 aromatic rings. The van der Waals surface area contributed by atoms with Gasteiger partial charge in [0.05, 0.1) is 11.8 Å². The van der Waals surface area contributed by atoms with E-state index in [0.717, 1.165) is 0 Å². The van der Waals surface area contributed by atoms with Crippen LogP contribution in [0.3, 0.4) is 0 Å². The normalized spacial score (nSPS) is 10.1. The molecular weight excluding hydrogens is 253 g/mol. The van der Waals surface area contributed by atoms with E-state index in [9.17, 15) is 4.79 Å². The molecule has 5 nitrogen and oxygen atoms in total. The van der Waals surface area contributed by atoms with E-state index in [0.29, 0.717) is 5.56 Å². The van der Waals surface area contributed by atoms with Crippen LogP contribution >= 0.6 is 23.2 Å². The van der Waals surface area contributed by atoms with Crippen molar-refractivity contribution >= 4 is 34.9 Å². The maximum atomic E-state index is 11.6. The third-order valence-electron chi connectivity index (χ3n) is 1.69. The minimum atomic E-state index is -0.361. The summed E-state index contributed by atoms with van der Waals surface area (Å²) in [5.41, 5.74) is 0.380. The Morgan fingerprint density at radius 3 is 2.81 bits per heavy atom. The van der Waals surface area contributed by atoms with Crippen LogP contribution in [0.15, 0.2) is 29.1 Å². The Labute approximate surface area is 100 Å². The molecule has 2 aromatic heterocycles. The smallest absolute Gasteiger partial charge is 0.260 e. The second-order valence-corrected chi connectivity index (χ2v) is 3.54. The average molecular weight is 258 g/mol. The SMILES string of the molecule is O=C(Nc1cc(Cl)nc(Cl)n1)c1ccoc1. The maximum absolute atomic E-state index is 11.6. The van der Waals surface area contributed by atoms with Gasteiger partial charge in [0.25, 0.3) is 5.91 Å². The van der Waals surface area contributed by atoms with E-state index >= 15 is 0 Å². The maximum Gasteiger partial charge on any atom is 0.260 e. The van der Waals surface area contributed by atoms with Crippen molar-refractivity contribution in [2.24, 2.45) is 0 Å². The molecule has 0 atom stereocenters. The minimum absolute atomic E-state index is 0.0324. The highest BCUT2D eigenvalue weighted by Gasteiger charge is 2.09. The van der Waals surface area contributed by atoms with Crippen LogP contribution in [0, 0.1) is 0 Å². The molecule has 0 spiro atoms. The topological polar surface area (TPSA) is 68.0 Å². The number of furan rings is 1. The third kappa shape index (κ3) is 2.50. The number of aromatic nitrogens is 2. The number of amides is 1. The number of carbonyl (C=O) groups is 1. The van der Waals surface area contributed by atoms with Gasteiger partial charge in [0, 0.05) is 6.07 Å². The molecule has 0 aromatic carbocycles. The Hall–Kier alpha value is -1.59. The molecule has 0 aliphatic rings. The van der Waals surface area contributed by atoms with Gasteiger partial charge in [-0.15, -0.1) is 0 Å². The van der Waals surface area contributed by atoms with E-state index in [1.807, 2.05) is 0 Å². The first-order valence-electron chi connectivity index (χ1n) is 4.19. The fraction of sp³-hybridized carbons (Fsp3) is 0. The van der Waals surface area contributed by atoms with Crippen molar-refractivity contribution in [2.45, 2.75) is 0 Å². The standard InChI is InChI=1S/C9H5Cl2N3O2/c10-6-3-7(14-9(11)12-6)13-8(15)5-1-2-16-4-5/h1-4H,(H,12,13,14,15). The highest BCUT2D eigenvalue weighted by Crippen LogP contribution is 2.15. The number of nitrogens with one attached hydrogen (secondary N) is 1. The molecule has 16 heavy (non-hydrogen) atoms. The van der Waals surface area contributed by atoms with E-state index < -0.39 is 0 Å². The molecule has 0 saturated heterocycles. The lowest BCUT2D eigenvalue weighted by Gasteiger charge is -2.02. The zero-order chi connectivity index (χ0) is 11.5. The van der Waals surface area contributed by atoms with Crippen LogP contribution in [0.25, 0.3) is 0 Å². The first-order valence-corrected chi connectivity index (χ1v) is 4.94. The van der Waals surface area contributed by atoms with Gasteiger partial charge in [0.15, 0.2) is 0 Å². The summed E-state index contributed by atoms with van der Waals surface area (Å²) in [7, 11) is 0. The molecule has 0 aliphatic carbocycles. The molecule has 82 valence electrons. The minimum Gasteiger partial charge on any atom is -0.472 e. The number of nitrogens with zero attached hydrogens (tertiary/aromatic N) is 2. The molecule has 0 radical (unpaired) electrons. The van der Waals surface area contributed by atoms with Crippen LogP contribution in [0.2, 0.25) is 10.4 Å². The van der Waals surface area contributed by atoms with Crippen molar-refractivity contribution in [1.82, 2.24) is 9.97 Å². The zero-order valence-corrected chi connectivity index (χ0v) is 9.29. The van der Waals surface area contributed by atoms with Crippen molar-refractivity contribution in [1.29, 1.82) is 0 Å². The quantitative estimate of drug-likeness (QED) is 0.664. The Morgan fingerprint density at radius 2 is 2.19 bits per heavy atom. The van der Waals surface area contributed by atoms with Crippen LogP contribution in [0.4, 0.5) is 5.82 Å².